The number of carboxylic acids is 2. The average Bonchev–Trinajstić information content (AvgIpc) is 2.77. The summed E-state index contributed by atoms with van der Waals surface area (Å²) in [6.07, 6.45) is 5.05. The maximum atomic E-state index is 12.5. The standard InChI is InChI=1S/C19H29N3O4.C2HF3O2/c1-2-16(12-18(24)25)21-19(26)15-4-3-11-22(13-15)17(23)6-5-14-7-9-20-10-8-14;3-2(4,5)1(6)7/h1,14-16,20H,3-13H2,(H,21,26)(H,24,25);(H,6,7)/t15-,16-;/m1./s1. The molecule has 2 amide bonds. The van der Waals surface area contributed by atoms with Crippen LogP contribution in [-0.2, 0) is 19.2 Å². The van der Waals surface area contributed by atoms with Gasteiger partial charge in [0.2, 0.25) is 11.8 Å². The molecule has 9 nitrogen and oxygen atoms in total. The van der Waals surface area contributed by atoms with Gasteiger partial charge in [0.25, 0.3) is 0 Å². The van der Waals surface area contributed by atoms with Crippen LogP contribution in [0.2, 0.25) is 0 Å². The molecular weight excluding hydrogens is 447 g/mol. The van der Waals surface area contributed by atoms with E-state index in [-0.39, 0.29) is 24.2 Å². The topological polar surface area (TPSA) is 136 Å². The van der Waals surface area contributed by atoms with Gasteiger partial charge in [-0.2, -0.15) is 13.2 Å². The van der Waals surface area contributed by atoms with Gasteiger partial charge in [0.1, 0.15) is 6.04 Å². The third-order valence-electron chi connectivity index (χ3n) is 5.51. The Balaban J connectivity index is 0.000000675. The van der Waals surface area contributed by atoms with Crippen LogP contribution in [-0.4, -0.2) is 77.3 Å². The van der Waals surface area contributed by atoms with Gasteiger partial charge in [-0.25, -0.2) is 4.79 Å². The second-order valence-electron chi connectivity index (χ2n) is 8.04. The monoisotopic (exact) mass is 477 g/mol. The Hall–Kier alpha value is -2.81. The molecule has 2 atom stereocenters. The van der Waals surface area contributed by atoms with Crippen LogP contribution in [0.1, 0.15) is 44.9 Å². The molecule has 0 aliphatic carbocycles. The van der Waals surface area contributed by atoms with E-state index in [1.807, 2.05) is 0 Å². The minimum atomic E-state index is -5.08. The lowest BCUT2D eigenvalue weighted by atomic mass is 9.92. The minimum Gasteiger partial charge on any atom is -0.481 e. The molecule has 2 saturated heterocycles. The van der Waals surface area contributed by atoms with Crippen molar-refractivity contribution in [1.82, 2.24) is 15.5 Å². The molecule has 0 spiro atoms. The summed E-state index contributed by atoms with van der Waals surface area (Å²) in [6.45, 7) is 3.12. The smallest absolute Gasteiger partial charge is 0.481 e. The summed E-state index contributed by atoms with van der Waals surface area (Å²) in [7, 11) is 0. The second kappa shape index (κ2) is 13.7. The fourth-order valence-electron chi connectivity index (χ4n) is 3.69. The van der Waals surface area contributed by atoms with Crippen LogP contribution < -0.4 is 10.6 Å². The maximum absolute atomic E-state index is 12.5. The van der Waals surface area contributed by atoms with Gasteiger partial charge in [0.15, 0.2) is 0 Å². The number of hydrogen-bond acceptors (Lipinski definition) is 5. The summed E-state index contributed by atoms with van der Waals surface area (Å²) >= 11 is 0. The molecule has 186 valence electrons. The number of halogens is 3. The van der Waals surface area contributed by atoms with Crippen molar-refractivity contribution in [1.29, 1.82) is 0 Å². The Morgan fingerprint density at radius 3 is 2.27 bits per heavy atom. The van der Waals surface area contributed by atoms with Crippen LogP contribution >= 0.6 is 0 Å². The Kier molecular flexibility index (Phi) is 11.7. The summed E-state index contributed by atoms with van der Waals surface area (Å²) in [4.78, 5) is 46.3. The van der Waals surface area contributed by atoms with Crippen molar-refractivity contribution in [3.05, 3.63) is 0 Å². The van der Waals surface area contributed by atoms with Gasteiger partial charge in [-0.3, -0.25) is 14.4 Å². The first kappa shape index (κ1) is 28.2. The number of carbonyl (C=O) groups excluding carboxylic acids is 2. The summed E-state index contributed by atoms with van der Waals surface area (Å²) in [6, 6.07) is -0.814. The Labute approximate surface area is 190 Å². The molecular formula is C21H30F3N3O6. The van der Waals surface area contributed by atoms with Crippen LogP contribution in [0.25, 0.3) is 0 Å². The number of terminal acetylenes is 1. The van der Waals surface area contributed by atoms with Crippen LogP contribution in [0.5, 0.6) is 0 Å². The lowest BCUT2D eigenvalue weighted by Gasteiger charge is -2.33. The molecule has 2 rings (SSSR count). The zero-order chi connectivity index (χ0) is 25.0. The molecule has 2 aliphatic rings. The van der Waals surface area contributed by atoms with Gasteiger partial charge >= 0.3 is 18.1 Å². The number of likely N-dealkylation sites (tertiary alicyclic amines) is 1. The third-order valence-corrected chi connectivity index (χ3v) is 5.51. The van der Waals surface area contributed by atoms with Gasteiger partial charge in [-0.15, -0.1) is 6.42 Å². The number of nitrogens with zero attached hydrogens (tertiary/aromatic N) is 1. The fraction of sp³-hybridized carbons (Fsp3) is 0.714. The number of nitrogens with one attached hydrogen (secondary N) is 2. The molecule has 2 fully saturated rings. The Bertz CT molecular complexity index is 732. The van der Waals surface area contributed by atoms with Crippen LogP contribution in [0, 0.1) is 24.2 Å². The van der Waals surface area contributed by atoms with Crippen molar-refractivity contribution >= 4 is 23.8 Å². The van der Waals surface area contributed by atoms with E-state index in [9.17, 15) is 27.6 Å². The highest BCUT2D eigenvalue weighted by Crippen LogP contribution is 2.21. The molecule has 12 heteroatoms. The molecule has 4 N–H and O–H groups in total. The van der Waals surface area contributed by atoms with Crippen LogP contribution in [0.4, 0.5) is 13.2 Å². The molecule has 0 saturated carbocycles. The lowest BCUT2D eigenvalue weighted by molar-refractivity contribution is -0.192. The molecule has 0 aromatic heterocycles. The first-order valence-corrected chi connectivity index (χ1v) is 10.7. The predicted molar refractivity (Wildman–Crippen MR) is 111 cm³/mol. The number of aliphatic carboxylic acids is 2. The molecule has 0 bridgehead atoms. The zero-order valence-electron chi connectivity index (χ0n) is 18.2. The number of carbonyl (C=O) groups is 4. The number of hydrogen-bond donors (Lipinski definition) is 4. The van der Waals surface area contributed by atoms with E-state index in [0.717, 1.165) is 38.8 Å². The van der Waals surface area contributed by atoms with Gasteiger partial charge < -0.3 is 25.7 Å². The minimum absolute atomic E-state index is 0.111. The largest absolute Gasteiger partial charge is 0.490 e. The highest BCUT2D eigenvalue weighted by atomic mass is 19.4. The first-order chi connectivity index (χ1) is 15.4. The second-order valence-corrected chi connectivity index (χ2v) is 8.04. The first-order valence-electron chi connectivity index (χ1n) is 10.7. The fourth-order valence-corrected chi connectivity index (χ4v) is 3.69. The number of alkyl halides is 3. The van der Waals surface area contributed by atoms with Crippen LogP contribution in [0.3, 0.4) is 0 Å². The molecule has 2 heterocycles. The molecule has 2 aliphatic heterocycles. The molecule has 0 aromatic carbocycles. The summed E-state index contributed by atoms with van der Waals surface area (Å²) in [5.74, 6) is -1.37. The highest BCUT2D eigenvalue weighted by Gasteiger charge is 2.38. The van der Waals surface area contributed by atoms with E-state index < -0.39 is 24.2 Å². The van der Waals surface area contributed by atoms with E-state index in [4.69, 9.17) is 21.4 Å². The van der Waals surface area contributed by atoms with Crippen molar-refractivity contribution in [2.45, 2.75) is 57.2 Å². The Morgan fingerprint density at radius 2 is 1.76 bits per heavy atom. The van der Waals surface area contributed by atoms with Crippen molar-refractivity contribution in [3.8, 4) is 12.3 Å². The van der Waals surface area contributed by atoms with E-state index in [0.29, 0.717) is 31.8 Å². The number of carboxylic acid groups (broad SMARTS) is 2. The molecule has 0 aromatic rings. The van der Waals surface area contributed by atoms with Crippen molar-refractivity contribution < 1.29 is 42.6 Å². The summed E-state index contributed by atoms with van der Waals surface area (Å²) in [5.41, 5.74) is 0. The van der Waals surface area contributed by atoms with Crippen molar-refractivity contribution in [3.63, 3.8) is 0 Å². The maximum Gasteiger partial charge on any atom is 0.490 e. The number of piperidine rings is 2. The predicted octanol–water partition coefficient (Wildman–Crippen LogP) is 1.23. The summed E-state index contributed by atoms with van der Waals surface area (Å²) < 4.78 is 31.7. The van der Waals surface area contributed by atoms with E-state index in [1.165, 1.54) is 0 Å². The Morgan fingerprint density at radius 1 is 1.15 bits per heavy atom. The van der Waals surface area contributed by atoms with Gasteiger partial charge in [0, 0.05) is 19.5 Å². The summed E-state index contributed by atoms with van der Waals surface area (Å²) in [5, 5.41) is 21.9. The zero-order valence-corrected chi connectivity index (χ0v) is 18.2. The normalized spacial score (nSPS) is 19.9. The lowest BCUT2D eigenvalue weighted by Crippen LogP contribution is -2.47. The third kappa shape index (κ3) is 11.1. The molecule has 33 heavy (non-hydrogen) atoms. The van der Waals surface area contributed by atoms with Gasteiger partial charge in [-0.1, -0.05) is 5.92 Å². The average molecular weight is 477 g/mol. The number of amides is 2. The molecule has 0 radical (unpaired) electrons. The SMILES string of the molecule is C#C[C@H](CC(=O)O)NC(=O)[C@@H]1CCCN(C(=O)CCC2CCNCC2)C1.O=C(O)C(F)(F)F. The van der Waals surface area contributed by atoms with Crippen LogP contribution in [0.15, 0.2) is 0 Å². The van der Waals surface area contributed by atoms with Crippen molar-refractivity contribution in [2.24, 2.45) is 11.8 Å². The highest BCUT2D eigenvalue weighted by molar-refractivity contribution is 5.82. The number of rotatable bonds is 7. The molecule has 0 unspecified atom stereocenters. The quantitative estimate of drug-likeness (QED) is 0.405. The van der Waals surface area contributed by atoms with Gasteiger partial charge in [-0.05, 0) is 51.1 Å². The van der Waals surface area contributed by atoms with E-state index in [1.54, 1.807) is 4.90 Å². The van der Waals surface area contributed by atoms with Crippen molar-refractivity contribution in [2.75, 3.05) is 26.2 Å². The van der Waals surface area contributed by atoms with Gasteiger partial charge in [0.05, 0.1) is 12.3 Å². The van der Waals surface area contributed by atoms with E-state index in [2.05, 4.69) is 16.6 Å². The van der Waals surface area contributed by atoms with E-state index >= 15 is 0 Å².